The van der Waals surface area contributed by atoms with Crippen LogP contribution in [0.5, 0.6) is 5.75 Å². The molecule has 1 rings (SSSR count). The third-order valence-corrected chi connectivity index (χ3v) is 3.03. The molecule has 0 amide bonds. The van der Waals surface area contributed by atoms with Gasteiger partial charge in [0.25, 0.3) is 0 Å². The van der Waals surface area contributed by atoms with E-state index in [4.69, 9.17) is 10.5 Å². The molecule has 0 saturated carbocycles. The van der Waals surface area contributed by atoms with Crippen LogP contribution < -0.4 is 10.5 Å². The maximum Gasteiger partial charge on any atom is 0.441 e. The maximum atomic E-state index is 11.9. The fourth-order valence-electron chi connectivity index (χ4n) is 1.43. The van der Waals surface area contributed by atoms with E-state index in [1.165, 1.54) is 0 Å². The molecule has 0 unspecified atom stereocenters. The predicted octanol–water partition coefficient (Wildman–Crippen LogP) is 3.65. The SMILES string of the molecule is Cc1cc([C@H](C)N)ccc1OCCSC(F)(F)F. The first kappa shape index (κ1) is 15.2. The highest BCUT2D eigenvalue weighted by Gasteiger charge is 2.27. The van der Waals surface area contributed by atoms with Crippen molar-refractivity contribution in [1.29, 1.82) is 0 Å². The van der Waals surface area contributed by atoms with Gasteiger partial charge in [-0.05, 0) is 42.8 Å². The lowest BCUT2D eigenvalue weighted by Gasteiger charge is -2.12. The fourth-order valence-corrected chi connectivity index (χ4v) is 1.82. The fraction of sp³-hybridized carbons (Fsp3) is 0.500. The summed E-state index contributed by atoms with van der Waals surface area (Å²) in [6.45, 7) is 3.75. The van der Waals surface area contributed by atoms with Crippen molar-refractivity contribution in [2.45, 2.75) is 25.4 Å². The molecule has 0 saturated heterocycles. The average Bonchev–Trinajstić information content (AvgIpc) is 2.24. The summed E-state index contributed by atoms with van der Waals surface area (Å²) in [6.07, 6.45) is 0. The van der Waals surface area contributed by atoms with Crippen LogP contribution in [0.4, 0.5) is 13.2 Å². The molecule has 0 heterocycles. The summed E-state index contributed by atoms with van der Waals surface area (Å²) < 4.78 is 41.0. The van der Waals surface area contributed by atoms with Crippen molar-refractivity contribution in [2.75, 3.05) is 12.4 Å². The van der Waals surface area contributed by atoms with Gasteiger partial charge in [0, 0.05) is 11.8 Å². The Hall–Kier alpha value is -0.880. The molecule has 6 heteroatoms. The van der Waals surface area contributed by atoms with E-state index >= 15 is 0 Å². The van der Waals surface area contributed by atoms with E-state index in [1.807, 2.05) is 26.0 Å². The Morgan fingerprint density at radius 1 is 1.39 bits per heavy atom. The molecule has 2 N–H and O–H groups in total. The minimum absolute atomic E-state index is 0.0303. The normalized spacial score (nSPS) is 13.4. The molecular formula is C12H16F3NOS. The van der Waals surface area contributed by atoms with Crippen LogP contribution in [0.15, 0.2) is 18.2 Å². The Kier molecular flexibility index (Phi) is 5.34. The molecule has 0 bridgehead atoms. The number of alkyl halides is 3. The number of nitrogens with two attached hydrogens (primary N) is 1. The van der Waals surface area contributed by atoms with Crippen LogP contribution in [-0.2, 0) is 0 Å². The summed E-state index contributed by atoms with van der Waals surface area (Å²) in [4.78, 5) is 0. The van der Waals surface area contributed by atoms with Gasteiger partial charge in [0.1, 0.15) is 5.75 Å². The molecule has 0 aliphatic rings. The Morgan fingerprint density at radius 2 is 2.06 bits per heavy atom. The van der Waals surface area contributed by atoms with Crippen molar-refractivity contribution >= 4 is 11.8 Å². The van der Waals surface area contributed by atoms with E-state index in [1.54, 1.807) is 6.07 Å². The van der Waals surface area contributed by atoms with Crippen LogP contribution in [0, 0.1) is 6.92 Å². The van der Waals surface area contributed by atoms with Crippen LogP contribution in [0.2, 0.25) is 0 Å². The zero-order valence-corrected chi connectivity index (χ0v) is 11.1. The molecule has 0 radical (unpaired) electrons. The minimum atomic E-state index is -4.20. The molecule has 1 aromatic carbocycles. The lowest BCUT2D eigenvalue weighted by atomic mass is 10.1. The molecule has 1 atom stereocenters. The van der Waals surface area contributed by atoms with Crippen LogP contribution in [0.3, 0.4) is 0 Å². The molecule has 0 aliphatic heterocycles. The first-order chi connectivity index (χ1) is 8.29. The Balaban J connectivity index is 2.48. The van der Waals surface area contributed by atoms with Crippen molar-refractivity contribution in [2.24, 2.45) is 5.73 Å². The van der Waals surface area contributed by atoms with Gasteiger partial charge in [0.05, 0.1) is 6.61 Å². The van der Waals surface area contributed by atoms with E-state index < -0.39 is 5.51 Å². The molecule has 102 valence electrons. The second kappa shape index (κ2) is 6.33. The largest absolute Gasteiger partial charge is 0.492 e. The highest BCUT2D eigenvalue weighted by molar-refractivity contribution is 8.00. The highest BCUT2D eigenvalue weighted by atomic mass is 32.2. The summed E-state index contributed by atoms with van der Waals surface area (Å²) >= 11 is -0.0783. The summed E-state index contributed by atoms with van der Waals surface area (Å²) in [5, 5.41) is 0. The van der Waals surface area contributed by atoms with Crippen LogP contribution >= 0.6 is 11.8 Å². The molecule has 0 aromatic heterocycles. The summed E-state index contributed by atoms with van der Waals surface area (Å²) in [7, 11) is 0. The number of aryl methyl sites for hydroxylation is 1. The van der Waals surface area contributed by atoms with E-state index in [0.717, 1.165) is 11.1 Å². The van der Waals surface area contributed by atoms with Crippen molar-refractivity contribution in [1.82, 2.24) is 0 Å². The van der Waals surface area contributed by atoms with Crippen molar-refractivity contribution in [3.8, 4) is 5.75 Å². The van der Waals surface area contributed by atoms with Gasteiger partial charge in [0.15, 0.2) is 0 Å². The monoisotopic (exact) mass is 279 g/mol. The van der Waals surface area contributed by atoms with Gasteiger partial charge in [-0.15, -0.1) is 0 Å². The molecule has 0 spiro atoms. The third-order valence-electron chi connectivity index (χ3n) is 2.33. The zero-order chi connectivity index (χ0) is 13.8. The molecular weight excluding hydrogens is 263 g/mol. The second-order valence-corrected chi connectivity index (χ2v) is 5.12. The lowest BCUT2D eigenvalue weighted by molar-refractivity contribution is -0.0329. The first-order valence-electron chi connectivity index (χ1n) is 5.49. The van der Waals surface area contributed by atoms with Gasteiger partial charge in [-0.3, -0.25) is 0 Å². The molecule has 0 fully saturated rings. The number of halogens is 3. The second-order valence-electron chi connectivity index (χ2n) is 3.96. The minimum Gasteiger partial charge on any atom is -0.492 e. The number of rotatable bonds is 5. The number of thioether (sulfide) groups is 1. The topological polar surface area (TPSA) is 35.2 Å². The third kappa shape index (κ3) is 5.18. The van der Waals surface area contributed by atoms with Crippen LogP contribution in [-0.4, -0.2) is 17.9 Å². The maximum absolute atomic E-state index is 11.9. The van der Waals surface area contributed by atoms with Gasteiger partial charge in [-0.1, -0.05) is 12.1 Å². The summed E-state index contributed by atoms with van der Waals surface area (Å²) in [5.74, 6) is 0.486. The number of hydrogen-bond acceptors (Lipinski definition) is 3. The zero-order valence-electron chi connectivity index (χ0n) is 10.3. The van der Waals surface area contributed by atoms with E-state index in [2.05, 4.69) is 0 Å². The van der Waals surface area contributed by atoms with E-state index in [9.17, 15) is 13.2 Å². The van der Waals surface area contributed by atoms with Crippen molar-refractivity contribution < 1.29 is 17.9 Å². The Labute approximate surface area is 109 Å². The Morgan fingerprint density at radius 3 is 2.56 bits per heavy atom. The quantitative estimate of drug-likeness (QED) is 0.836. The van der Waals surface area contributed by atoms with Gasteiger partial charge in [0.2, 0.25) is 0 Å². The van der Waals surface area contributed by atoms with Gasteiger partial charge in [-0.25, -0.2) is 0 Å². The number of benzene rings is 1. The van der Waals surface area contributed by atoms with E-state index in [0.29, 0.717) is 5.75 Å². The van der Waals surface area contributed by atoms with Crippen molar-refractivity contribution in [3.05, 3.63) is 29.3 Å². The average molecular weight is 279 g/mol. The standard InChI is InChI=1S/C12H16F3NOS/c1-8-7-10(9(2)16)3-4-11(8)17-5-6-18-12(13,14)15/h3-4,7,9H,5-6,16H2,1-2H3/t9-/m0/s1. The van der Waals surface area contributed by atoms with Gasteiger partial charge >= 0.3 is 5.51 Å². The van der Waals surface area contributed by atoms with Gasteiger partial charge < -0.3 is 10.5 Å². The number of ether oxygens (including phenoxy) is 1. The smallest absolute Gasteiger partial charge is 0.441 e. The first-order valence-corrected chi connectivity index (χ1v) is 6.48. The van der Waals surface area contributed by atoms with Crippen molar-refractivity contribution in [3.63, 3.8) is 0 Å². The van der Waals surface area contributed by atoms with E-state index in [-0.39, 0.29) is 30.2 Å². The summed E-state index contributed by atoms with van der Waals surface area (Å²) in [6, 6.07) is 5.38. The molecule has 1 aromatic rings. The highest BCUT2D eigenvalue weighted by Crippen LogP contribution is 2.30. The molecule has 0 aliphatic carbocycles. The van der Waals surface area contributed by atoms with Gasteiger partial charge in [-0.2, -0.15) is 13.2 Å². The lowest BCUT2D eigenvalue weighted by Crippen LogP contribution is -2.09. The summed E-state index contributed by atoms with van der Waals surface area (Å²) in [5.41, 5.74) is 3.39. The molecule has 18 heavy (non-hydrogen) atoms. The number of hydrogen-bond donors (Lipinski definition) is 1. The molecule has 2 nitrogen and oxygen atoms in total. The Bertz CT molecular complexity index is 393. The predicted molar refractivity (Wildman–Crippen MR) is 67.8 cm³/mol. The van der Waals surface area contributed by atoms with Crippen LogP contribution in [0.1, 0.15) is 24.1 Å². The van der Waals surface area contributed by atoms with Crippen LogP contribution in [0.25, 0.3) is 0 Å².